The van der Waals surface area contributed by atoms with Crippen LogP contribution in [0.3, 0.4) is 0 Å². The van der Waals surface area contributed by atoms with Gasteiger partial charge in [0.05, 0.1) is 19.8 Å². The lowest BCUT2D eigenvalue weighted by Crippen LogP contribution is -2.33. The second-order valence-electron chi connectivity index (χ2n) is 5.17. The number of ether oxygens (including phenoxy) is 2. The van der Waals surface area contributed by atoms with Crippen LogP contribution >= 0.6 is 0 Å². The summed E-state index contributed by atoms with van der Waals surface area (Å²) in [5.41, 5.74) is 3.66. The first-order valence-electron chi connectivity index (χ1n) is 6.91. The Labute approximate surface area is 115 Å². The molecule has 0 fully saturated rings. The molecule has 19 heavy (non-hydrogen) atoms. The quantitative estimate of drug-likeness (QED) is 0.828. The van der Waals surface area contributed by atoms with Gasteiger partial charge in [0.25, 0.3) is 0 Å². The van der Waals surface area contributed by atoms with Crippen molar-refractivity contribution in [2.45, 2.75) is 45.6 Å². The summed E-state index contributed by atoms with van der Waals surface area (Å²) in [5.74, 6) is 1.58. The van der Waals surface area contributed by atoms with Gasteiger partial charge in [0.2, 0.25) is 0 Å². The summed E-state index contributed by atoms with van der Waals surface area (Å²) < 4.78 is 10.8. The summed E-state index contributed by atoms with van der Waals surface area (Å²) in [7, 11) is 3.35. The van der Waals surface area contributed by atoms with Gasteiger partial charge in [-0.05, 0) is 43.9 Å². The monoisotopic (exact) mass is 261 g/mol. The van der Waals surface area contributed by atoms with Crippen LogP contribution in [0.5, 0.6) is 11.5 Å². The Balaban J connectivity index is 2.54. The topological polar surface area (TPSA) is 30.8 Å². The first-order valence-corrected chi connectivity index (χ1v) is 6.91. The first kappa shape index (κ1) is 13.9. The minimum atomic E-state index is 0.0523. The second kappa shape index (κ2) is 5.24. The van der Waals surface area contributed by atoms with Crippen LogP contribution in [0.4, 0.5) is 0 Å². The molecule has 0 amide bonds. The van der Waals surface area contributed by atoms with E-state index < -0.39 is 0 Å². The van der Waals surface area contributed by atoms with E-state index in [1.165, 1.54) is 11.1 Å². The zero-order valence-corrected chi connectivity index (χ0v) is 12.5. The van der Waals surface area contributed by atoms with Crippen LogP contribution in [-0.4, -0.2) is 25.5 Å². The van der Waals surface area contributed by atoms with E-state index in [1.54, 1.807) is 14.2 Å². The van der Waals surface area contributed by atoms with Crippen LogP contribution in [0.1, 0.15) is 44.7 Å². The smallest absolute Gasteiger partial charge is 0.161 e. The number of benzene rings is 1. The summed E-state index contributed by atoms with van der Waals surface area (Å²) in [5, 5.41) is 0. The highest BCUT2D eigenvalue weighted by molar-refractivity contribution is 6.01. The van der Waals surface area contributed by atoms with E-state index in [1.807, 2.05) is 6.07 Å². The first-order chi connectivity index (χ1) is 9.09. The van der Waals surface area contributed by atoms with Crippen molar-refractivity contribution in [1.82, 2.24) is 0 Å². The molecule has 1 aliphatic heterocycles. The van der Waals surface area contributed by atoms with Crippen molar-refractivity contribution in [3.63, 3.8) is 0 Å². The van der Waals surface area contributed by atoms with Gasteiger partial charge in [-0.15, -0.1) is 0 Å². The third-order valence-electron chi connectivity index (χ3n) is 4.24. The van der Waals surface area contributed by atoms with Crippen molar-refractivity contribution < 1.29 is 9.47 Å². The molecule has 1 heterocycles. The fourth-order valence-electron chi connectivity index (χ4n) is 2.87. The maximum atomic E-state index is 5.41. The van der Waals surface area contributed by atoms with E-state index >= 15 is 0 Å². The van der Waals surface area contributed by atoms with Gasteiger partial charge in [-0.2, -0.15) is 0 Å². The molecule has 0 spiro atoms. The summed E-state index contributed by atoms with van der Waals surface area (Å²) in [6, 6.07) is 4.15. The van der Waals surface area contributed by atoms with Gasteiger partial charge in [-0.3, -0.25) is 4.99 Å². The van der Waals surface area contributed by atoms with Gasteiger partial charge in [-0.1, -0.05) is 13.8 Å². The van der Waals surface area contributed by atoms with Crippen LogP contribution in [0, 0.1) is 0 Å². The molecule has 1 aliphatic rings. The Morgan fingerprint density at radius 1 is 1.11 bits per heavy atom. The van der Waals surface area contributed by atoms with Gasteiger partial charge in [0.15, 0.2) is 11.5 Å². The SMILES string of the molecule is CCC1(CC)Cc2cc(OC)c(OC)cc2C(C)=N1. The maximum absolute atomic E-state index is 5.41. The average molecular weight is 261 g/mol. The fraction of sp³-hybridized carbons (Fsp3) is 0.562. The van der Waals surface area contributed by atoms with E-state index in [-0.39, 0.29) is 5.54 Å². The number of aliphatic imine (C=N–C) groups is 1. The van der Waals surface area contributed by atoms with Crippen LogP contribution in [-0.2, 0) is 6.42 Å². The van der Waals surface area contributed by atoms with Gasteiger partial charge in [0.1, 0.15) is 0 Å². The highest BCUT2D eigenvalue weighted by Crippen LogP contribution is 2.38. The molecule has 104 valence electrons. The standard InChI is InChI=1S/C16H23NO2/c1-6-16(7-2)10-12-8-14(18-4)15(19-5)9-13(12)11(3)17-16/h8-9H,6-7,10H2,1-5H3. The molecular weight excluding hydrogens is 238 g/mol. The van der Waals surface area contributed by atoms with Crippen molar-refractivity contribution in [3.05, 3.63) is 23.3 Å². The molecule has 1 aromatic rings. The van der Waals surface area contributed by atoms with E-state index in [0.717, 1.165) is 36.5 Å². The van der Waals surface area contributed by atoms with Crippen molar-refractivity contribution >= 4 is 5.71 Å². The molecule has 1 aromatic carbocycles. The lowest BCUT2D eigenvalue weighted by Gasteiger charge is -2.33. The Morgan fingerprint density at radius 2 is 1.68 bits per heavy atom. The highest BCUT2D eigenvalue weighted by atomic mass is 16.5. The normalized spacial score (nSPS) is 16.6. The van der Waals surface area contributed by atoms with Crippen molar-refractivity contribution in [1.29, 1.82) is 0 Å². The van der Waals surface area contributed by atoms with Gasteiger partial charge in [0, 0.05) is 11.3 Å². The van der Waals surface area contributed by atoms with Crippen molar-refractivity contribution in [3.8, 4) is 11.5 Å². The Kier molecular flexibility index (Phi) is 3.83. The number of nitrogens with zero attached hydrogens (tertiary/aromatic N) is 1. The molecule has 0 aliphatic carbocycles. The predicted octanol–water partition coefficient (Wildman–Crippen LogP) is 3.63. The zero-order chi connectivity index (χ0) is 14.0. The number of hydrogen-bond acceptors (Lipinski definition) is 3. The minimum absolute atomic E-state index is 0.0523. The minimum Gasteiger partial charge on any atom is -0.493 e. The Morgan fingerprint density at radius 3 is 2.21 bits per heavy atom. The average Bonchev–Trinajstić information content (AvgIpc) is 2.45. The number of methoxy groups -OCH3 is 2. The maximum Gasteiger partial charge on any atom is 0.161 e. The van der Waals surface area contributed by atoms with E-state index in [9.17, 15) is 0 Å². The summed E-state index contributed by atoms with van der Waals surface area (Å²) in [6.45, 7) is 6.52. The van der Waals surface area contributed by atoms with Gasteiger partial charge >= 0.3 is 0 Å². The fourth-order valence-corrected chi connectivity index (χ4v) is 2.87. The predicted molar refractivity (Wildman–Crippen MR) is 78.8 cm³/mol. The molecule has 0 N–H and O–H groups in total. The highest BCUT2D eigenvalue weighted by Gasteiger charge is 2.31. The van der Waals surface area contributed by atoms with Crippen LogP contribution in [0.15, 0.2) is 17.1 Å². The third-order valence-corrected chi connectivity index (χ3v) is 4.24. The second-order valence-corrected chi connectivity index (χ2v) is 5.17. The molecule has 0 radical (unpaired) electrons. The molecular formula is C16H23NO2. The molecule has 0 atom stereocenters. The van der Waals surface area contributed by atoms with Crippen molar-refractivity contribution in [2.75, 3.05) is 14.2 Å². The lowest BCUT2D eigenvalue weighted by molar-refractivity contribution is 0.351. The number of fused-ring (bicyclic) bond motifs is 1. The molecule has 0 unspecified atom stereocenters. The van der Waals surface area contributed by atoms with E-state index in [4.69, 9.17) is 14.5 Å². The molecule has 0 bridgehead atoms. The van der Waals surface area contributed by atoms with Crippen LogP contribution in [0.25, 0.3) is 0 Å². The molecule has 2 rings (SSSR count). The van der Waals surface area contributed by atoms with E-state index in [0.29, 0.717) is 0 Å². The lowest BCUT2D eigenvalue weighted by atomic mass is 9.81. The van der Waals surface area contributed by atoms with E-state index in [2.05, 4.69) is 26.8 Å². The molecule has 3 nitrogen and oxygen atoms in total. The van der Waals surface area contributed by atoms with Gasteiger partial charge in [-0.25, -0.2) is 0 Å². The molecule has 0 saturated carbocycles. The Bertz CT molecular complexity index is 502. The zero-order valence-electron chi connectivity index (χ0n) is 12.5. The van der Waals surface area contributed by atoms with Crippen LogP contribution in [0.2, 0.25) is 0 Å². The van der Waals surface area contributed by atoms with Crippen LogP contribution < -0.4 is 9.47 Å². The van der Waals surface area contributed by atoms with Gasteiger partial charge < -0.3 is 9.47 Å². The molecule has 3 heteroatoms. The largest absolute Gasteiger partial charge is 0.493 e. The summed E-state index contributed by atoms with van der Waals surface area (Å²) in [6.07, 6.45) is 3.11. The Hall–Kier alpha value is -1.51. The molecule has 0 aromatic heterocycles. The number of rotatable bonds is 4. The summed E-state index contributed by atoms with van der Waals surface area (Å²) >= 11 is 0. The number of hydrogen-bond donors (Lipinski definition) is 0. The molecule has 0 saturated heterocycles. The third kappa shape index (κ3) is 2.34. The van der Waals surface area contributed by atoms with Crippen molar-refractivity contribution in [2.24, 2.45) is 4.99 Å². The summed E-state index contributed by atoms with van der Waals surface area (Å²) in [4.78, 5) is 4.94.